The second-order valence-electron chi connectivity index (χ2n) is 5.67. The fourth-order valence-electron chi connectivity index (χ4n) is 2.26. The number of carbonyl (C=O) groups is 2. The van der Waals surface area contributed by atoms with Gasteiger partial charge in [0.1, 0.15) is 0 Å². The molecule has 0 aromatic heterocycles. The summed E-state index contributed by atoms with van der Waals surface area (Å²) in [6, 6.07) is 17.2. The molecule has 24 heavy (non-hydrogen) atoms. The van der Waals surface area contributed by atoms with Crippen LogP contribution in [0.15, 0.2) is 54.6 Å². The van der Waals surface area contributed by atoms with E-state index in [1.54, 1.807) is 36.4 Å². The fourth-order valence-corrected chi connectivity index (χ4v) is 2.26. The maximum atomic E-state index is 12.4. The summed E-state index contributed by atoms with van der Waals surface area (Å²) in [4.78, 5) is 24.8. The van der Waals surface area contributed by atoms with E-state index < -0.39 is 12.1 Å². The third-order valence-corrected chi connectivity index (χ3v) is 3.74. The number of benzene rings is 2. The average Bonchev–Trinajstić information content (AvgIpc) is 3.44. The monoisotopic (exact) mass is 320 g/mol. The minimum absolute atomic E-state index is 0.178. The van der Waals surface area contributed by atoms with Gasteiger partial charge in [0, 0.05) is 11.6 Å². The van der Waals surface area contributed by atoms with Gasteiger partial charge < -0.3 is 10.1 Å². The van der Waals surface area contributed by atoms with Crippen molar-refractivity contribution >= 4 is 11.9 Å². The van der Waals surface area contributed by atoms with Crippen molar-refractivity contribution in [2.45, 2.75) is 25.0 Å². The molecule has 1 fully saturated rings. The van der Waals surface area contributed by atoms with E-state index in [1.165, 1.54) is 12.1 Å². The summed E-state index contributed by atoms with van der Waals surface area (Å²) in [6.07, 6.45) is 0.920. The van der Waals surface area contributed by atoms with Crippen LogP contribution in [-0.4, -0.2) is 17.9 Å². The predicted molar refractivity (Wildman–Crippen MR) is 86.9 cm³/mol. The molecule has 1 atom stereocenters. The number of nitrogens with zero attached hydrogens (tertiary/aromatic N) is 1. The van der Waals surface area contributed by atoms with E-state index in [2.05, 4.69) is 5.32 Å². The van der Waals surface area contributed by atoms with Gasteiger partial charge in [0.05, 0.1) is 17.2 Å². The van der Waals surface area contributed by atoms with E-state index in [1.807, 2.05) is 12.1 Å². The van der Waals surface area contributed by atoms with Gasteiger partial charge in [0.25, 0.3) is 5.91 Å². The van der Waals surface area contributed by atoms with Gasteiger partial charge in [-0.2, -0.15) is 5.26 Å². The molecule has 5 heteroatoms. The van der Waals surface area contributed by atoms with Crippen molar-refractivity contribution in [2.75, 3.05) is 0 Å². The van der Waals surface area contributed by atoms with Gasteiger partial charge in [-0.05, 0) is 37.1 Å². The van der Waals surface area contributed by atoms with Crippen LogP contribution in [0.2, 0.25) is 0 Å². The first kappa shape index (κ1) is 15.8. The summed E-state index contributed by atoms with van der Waals surface area (Å²) in [5, 5.41) is 11.7. The van der Waals surface area contributed by atoms with Gasteiger partial charge in [-0.1, -0.05) is 30.3 Å². The van der Waals surface area contributed by atoms with Crippen molar-refractivity contribution in [3.8, 4) is 6.07 Å². The molecule has 2 aromatic carbocycles. The standard InChI is InChI=1S/C19H16N2O3/c20-12-13-6-8-15(9-7-13)19(23)24-17(14-4-2-1-3-5-14)18(22)21-16-10-11-16/h1-9,16-17H,10-11H2,(H,21,22)/t17-/m0/s1. The van der Waals surface area contributed by atoms with Crippen LogP contribution in [0.1, 0.15) is 40.4 Å². The van der Waals surface area contributed by atoms with E-state index in [-0.39, 0.29) is 11.9 Å². The molecular formula is C19H16N2O3. The Hall–Kier alpha value is -3.13. The summed E-state index contributed by atoms with van der Waals surface area (Å²) in [7, 11) is 0. The number of nitriles is 1. The number of hydrogen-bond acceptors (Lipinski definition) is 4. The minimum atomic E-state index is -0.991. The summed E-state index contributed by atoms with van der Waals surface area (Å²) < 4.78 is 5.45. The highest BCUT2D eigenvalue weighted by atomic mass is 16.5. The Balaban J connectivity index is 1.78. The Bertz CT molecular complexity index is 775. The predicted octanol–water partition coefficient (Wildman–Crippen LogP) is 2.73. The number of rotatable bonds is 5. The normalized spacial score (nSPS) is 14.3. The molecular weight excluding hydrogens is 304 g/mol. The van der Waals surface area contributed by atoms with E-state index in [0.717, 1.165) is 12.8 Å². The number of carbonyl (C=O) groups excluding carboxylic acids is 2. The second kappa shape index (κ2) is 6.97. The Kier molecular flexibility index (Phi) is 4.57. The minimum Gasteiger partial charge on any atom is -0.444 e. The maximum Gasteiger partial charge on any atom is 0.339 e. The molecule has 1 saturated carbocycles. The quantitative estimate of drug-likeness (QED) is 0.859. The fraction of sp³-hybridized carbons (Fsp3) is 0.211. The Morgan fingerprint density at radius 2 is 1.75 bits per heavy atom. The highest BCUT2D eigenvalue weighted by Gasteiger charge is 2.31. The molecule has 0 bridgehead atoms. The molecule has 5 nitrogen and oxygen atoms in total. The van der Waals surface area contributed by atoms with Crippen LogP contribution in [-0.2, 0) is 9.53 Å². The Morgan fingerprint density at radius 1 is 1.08 bits per heavy atom. The molecule has 3 rings (SSSR count). The molecule has 0 saturated heterocycles. The highest BCUT2D eigenvalue weighted by Crippen LogP contribution is 2.24. The molecule has 1 aliphatic rings. The van der Waals surface area contributed by atoms with Crippen molar-refractivity contribution in [3.63, 3.8) is 0 Å². The van der Waals surface area contributed by atoms with Crippen LogP contribution in [0.4, 0.5) is 0 Å². The lowest BCUT2D eigenvalue weighted by molar-refractivity contribution is -0.130. The first-order valence-corrected chi connectivity index (χ1v) is 7.74. The average molecular weight is 320 g/mol. The number of hydrogen-bond donors (Lipinski definition) is 1. The van der Waals surface area contributed by atoms with Gasteiger partial charge in [-0.25, -0.2) is 4.79 Å². The first-order chi connectivity index (χ1) is 11.7. The molecule has 1 amide bonds. The summed E-state index contributed by atoms with van der Waals surface area (Å²) >= 11 is 0. The lowest BCUT2D eigenvalue weighted by Crippen LogP contribution is -2.33. The van der Waals surface area contributed by atoms with Crippen LogP contribution < -0.4 is 5.32 Å². The van der Waals surface area contributed by atoms with Crippen LogP contribution in [0.3, 0.4) is 0 Å². The SMILES string of the molecule is N#Cc1ccc(C(=O)O[C@H](C(=O)NC2CC2)c2ccccc2)cc1. The van der Waals surface area contributed by atoms with Crippen LogP contribution in [0, 0.1) is 11.3 Å². The molecule has 0 radical (unpaired) electrons. The topological polar surface area (TPSA) is 79.2 Å². The number of ether oxygens (including phenoxy) is 1. The van der Waals surface area contributed by atoms with E-state index >= 15 is 0 Å². The van der Waals surface area contributed by atoms with Gasteiger partial charge in [0.15, 0.2) is 0 Å². The Labute approximate surface area is 139 Å². The van der Waals surface area contributed by atoms with Crippen molar-refractivity contribution < 1.29 is 14.3 Å². The van der Waals surface area contributed by atoms with Crippen molar-refractivity contribution in [3.05, 3.63) is 71.3 Å². The van der Waals surface area contributed by atoms with Crippen LogP contribution in [0.25, 0.3) is 0 Å². The second-order valence-corrected chi connectivity index (χ2v) is 5.67. The van der Waals surface area contributed by atoms with Crippen LogP contribution in [0.5, 0.6) is 0 Å². The zero-order valence-electron chi connectivity index (χ0n) is 12.9. The molecule has 0 aliphatic heterocycles. The molecule has 1 aliphatic carbocycles. The van der Waals surface area contributed by atoms with Crippen molar-refractivity contribution in [1.82, 2.24) is 5.32 Å². The third kappa shape index (κ3) is 3.79. The zero-order valence-corrected chi connectivity index (χ0v) is 12.9. The zero-order chi connectivity index (χ0) is 16.9. The van der Waals surface area contributed by atoms with Gasteiger partial charge in [0.2, 0.25) is 6.10 Å². The lowest BCUT2D eigenvalue weighted by atomic mass is 10.1. The molecule has 0 unspecified atom stereocenters. The van der Waals surface area contributed by atoms with Gasteiger partial charge in [-0.3, -0.25) is 4.79 Å². The third-order valence-electron chi connectivity index (χ3n) is 3.74. The summed E-state index contributed by atoms with van der Waals surface area (Å²) in [6.45, 7) is 0. The van der Waals surface area contributed by atoms with Crippen LogP contribution >= 0.6 is 0 Å². The molecule has 0 spiro atoms. The van der Waals surface area contributed by atoms with Gasteiger partial charge >= 0.3 is 5.97 Å². The summed E-state index contributed by atoms with van der Waals surface area (Å²) in [5.41, 5.74) is 1.38. The van der Waals surface area contributed by atoms with E-state index in [9.17, 15) is 9.59 Å². The number of nitrogens with one attached hydrogen (secondary N) is 1. The molecule has 120 valence electrons. The smallest absolute Gasteiger partial charge is 0.339 e. The van der Waals surface area contributed by atoms with Crippen molar-refractivity contribution in [1.29, 1.82) is 5.26 Å². The largest absolute Gasteiger partial charge is 0.444 e. The Morgan fingerprint density at radius 3 is 2.33 bits per heavy atom. The lowest BCUT2D eigenvalue weighted by Gasteiger charge is -2.18. The van der Waals surface area contributed by atoms with E-state index in [0.29, 0.717) is 16.7 Å². The van der Waals surface area contributed by atoms with E-state index in [4.69, 9.17) is 10.00 Å². The molecule has 2 aromatic rings. The first-order valence-electron chi connectivity index (χ1n) is 7.74. The summed E-state index contributed by atoms with van der Waals surface area (Å²) in [5.74, 6) is -0.912. The maximum absolute atomic E-state index is 12.4. The van der Waals surface area contributed by atoms with Gasteiger partial charge in [-0.15, -0.1) is 0 Å². The highest BCUT2D eigenvalue weighted by molar-refractivity contribution is 5.92. The number of amides is 1. The molecule has 1 N–H and O–H groups in total. The number of esters is 1. The van der Waals surface area contributed by atoms with Crippen molar-refractivity contribution in [2.24, 2.45) is 0 Å². The molecule has 0 heterocycles.